The van der Waals surface area contributed by atoms with Gasteiger partial charge in [-0.05, 0) is 118 Å². The van der Waals surface area contributed by atoms with Crippen LogP contribution in [0, 0.1) is 41.4 Å². The SMILES string of the molecule is O=C(CCCN1C(=O)/C(=C2\SC(=S)N(CCCC(=O)N[C@@]34C[C@H]5CC[C@H](C3)[C@@H](C5)C4)C2=O)SC1=S)N[C@H]1C[C@H]2C[C@H]3C[C@@H](C2)[C@H]1C3. The Bertz CT molecular complexity index is 1410. The predicted octanol–water partition coefficient (Wildman–Crippen LogP) is 5.50. The normalized spacial score (nSPS) is 40.5. The lowest BCUT2D eigenvalue weighted by atomic mass is 9.70. The van der Waals surface area contributed by atoms with E-state index >= 15 is 0 Å². The van der Waals surface area contributed by atoms with Gasteiger partial charge in [0.15, 0.2) is 0 Å². The molecule has 4 amide bonds. The molecule has 248 valence electrons. The Hall–Kier alpha value is -1.50. The molecular weight excluding hydrogens is 657 g/mol. The van der Waals surface area contributed by atoms with Crippen molar-refractivity contribution < 1.29 is 19.2 Å². The van der Waals surface area contributed by atoms with E-state index < -0.39 is 0 Å². The summed E-state index contributed by atoms with van der Waals surface area (Å²) in [6.45, 7) is 0.698. The first-order valence-electron chi connectivity index (χ1n) is 17.6. The lowest BCUT2D eigenvalue weighted by Gasteiger charge is -2.40. The Kier molecular flexibility index (Phi) is 8.58. The van der Waals surface area contributed by atoms with Gasteiger partial charge < -0.3 is 10.6 Å². The Morgan fingerprint density at radius 2 is 1.33 bits per heavy atom. The summed E-state index contributed by atoms with van der Waals surface area (Å²) in [5.41, 5.74) is -0.0130. The Morgan fingerprint density at radius 1 is 0.717 bits per heavy atom. The first-order chi connectivity index (χ1) is 22.1. The van der Waals surface area contributed by atoms with E-state index in [1.54, 1.807) is 0 Å². The van der Waals surface area contributed by atoms with Crippen molar-refractivity contribution in [1.82, 2.24) is 20.4 Å². The highest BCUT2D eigenvalue weighted by atomic mass is 32.2. The van der Waals surface area contributed by atoms with Crippen LogP contribution < -0.4 is 10.6 Å². The van der Waals surface area contributed by atoms with Crippen molar-refractivity contribution in [2.24, 2.45) is 41.4 Å². The molecule has 0 aromatic rings. The molecule has 0 radical (unpaired) electrons. The fraction of sp³-hybridized carbons (Fsp3) is 0.765. The van der Waals surface area contributed by atoms with Gasteiger partial charge in [0.25, 0.3) is 11.8 Å². The summed E-state index contributed by atoms with van der Waals surface area (Å²) in [6.07, 6.45) is 15.5. The van der Waals surface area contributed by atoms with Gasteiger partial charge in [-0.2, -0.15) is 0 Å². The number of fused-ring (bicyclic) bond motifs is 4. The average Bonchev–Trinajstić information content (AvgIpc) is 3.59. The van der Waals surface area contributed by atoms with Crippen LogP contribution in [0.3, 0.4) is 0 Å². The zero-order chi connectivity index (χ0) is 31.7. The van der Waals surface area contributed by atoms with E-state index in [0.29, 0.717) is 69.2 Å². The molecular formula is C34H44N4O4S4. The van der Waals surface area contributed by atoms with E-state index in [4.69, 9.17) is 24.4 Å². The number of thioether (sulfide) groups is 2. The number of nitrogens with one attached hydrogen (secondary N) is 2. The number of amides is 4. The highest BCUT2D eigenvalue weighted by Crippen LogP contribution is 2.57. The van der Waals surface area contributed by atoms with Gasteiger partial charge in [0.2, 0.25) is 11.8 Å². The second-order valence-corrected chi connectivity index (χ2v) is 19.0. The van der Waals surface area contributed by atoms with Gasteiger partial charge in [-0.1, -0.05) is 54.4 Å². The van der Waals surface area contributed by atoms with Crippen LogP contribution in [0.2, 0.25) is 0 Å². The monoisotopic (exact) mass is 700 g/mol. The maximum atomic E-state index is 13.4. The molecule has 2 aliphatic heterocycles. The summed E-state index contributed by atoms with van der Waals surface area (Å²) in [6, 6.07) is 0.304. The van der Waals surface area contributed by atoms with Gasteiger partial charge in [-0.15, -0.1) is 0 Å². The molecule has 6 aliphatic carbocycles. The van der Waals surface area contributed by atoms with Gasteiger partial charge >= 0.3 is 0 Å². The zero-order valence-electron chi connectivity index (χ0n) is 26.3. The van der Waals surface area contributed by atoms with Crippen molar-refractivity contribution in [3.63, 3.8) is 0 Å². The Balaban J connectivity index is 0.805. The highest BCUT2D eigenvalue weighted by molar-refractivity contribution is 8.29. The van der Waals surface area contributed by atoms with E-state index in [0.717, 1.165) is 84.7 Å². The summed E-state index contributed by atoms with van der Waals surface area (Å²) >= 11 is 13.4. The lowest BCUT2D eigenvalue weighted by Crippen LogP contribution is -2.49. The molecule has 8 rings (SSSR count). The molecule has 0 aromatic heterocycles. The van der Waals surface area contributed by atoms with E-state index in [1.807, 2.05) is 0 Å². The first-order valence-corrected chi connectivity index (χ1v) is 20.0. The molecule has 8 fully saturated rings. The quantitative estimate of drug-likeness (QED) is 0.228. The van der Waals surface area contributed by atoms with Crippen LogP contribution in [0.25, 0.3) is 0 Å². The van der Waals surface area contributed by atoms with Crippen LogP contribution >= 0.6 is 48.0 Å². The van der Waals surface area contributed by atoms with Crippen LogP contribution in [-0.4, -0.2) is 66.7 Å². The van der Waals surface area contributed by atoms with Crippen LogP contribution in [0.4, 0.5) is 0 Å². The standard InChI is InChI=1S/C34H44N4O4S4/c39-26(35-25-14-20-9-19-11-22(12-20)24(25)13-19)3-1-7-37-30(41)28(45-32(37)43)29-31(42)38(33(44)46-29)8-2-4-27(40)36-34-15-18-5-6-21(16-34)23(10-18)17-34/h18-25H,1-17H2,(H,35,39)(H,36,40)/b29-28+/t18-,19-,20-,21+,22-,23-,24+,25-,34-/m0/s1. The van der Waals surface area contributed by atoms with Gasteiger partial charge in [-0.25, -0.2) is 0 Å². The largest absolute Gasteiger partial charge is 0.353 e. The number of rotatable bonds is 10. The molecule has 2 saturated heterocycles. The molecule has 8 aliphatic rings. The third kappa shape index (κ3) is 5.89. The Morgan fingerprint density at radius 3 is 2.02 bits per heavy atom. The fourth-order valence-electron chi connectivity index (χ4n) is 11.1. The van der Waals surface area contributed by atoms with Crippen LogP contribution in [0.15, 0.2) is 9.81 Å². The zero-order valence-corrected chi connectivity index (χ0v) is 29.6. The van der Waals surface area contributed by atoms with Crippen LogP contribution in [0.1, 0.15) is 96.3 Å². The number of nitrogens with zero attached hydrogens (tertiary/aromatic N) is 2. The van der Waals surface area contributed by atoms with Crippen LogP contribution in [-0.2, 0) is 19.2 Å². The molecule has 0 spiro atoms. The van der Waals surface area contributed by atoms with Gasteiger partial charge in [0, 0.05) is 37.5 Å². The van der Waals surface area contributed by atoms with Crippen molar-refractivity contribution in [3.05, 3.63) is 9.81 Å². The maximum absolute atomic E-state index is 13.4. The maximum Gasteiger partial charge on any atom is 0.267 e. The topological polar surface area (TPSA) is 98.8 Å². The second kappa shape index (κ2) is 12.4. The average molecular weight is 701 g/mol. The summed E-state index contributed by atoms with van der Waals surface area (Å²) in [5, 5.41) is 6.75. The molecule has 2 N–H and O–H groups in total. The van der Waals surface area contributed by atoms with Gasteiger partial charge in [-0.3, -0.25) is 29.0 Å². The number of hydrogen-bond donors (Lipinski definition) is 2. The molecule has 0 aromatic carbocycles. The van der Waals surface area contributed by atoms with Crippen molar-refractivity contribution in [1.29, 1.82) is 0 Å². The van der Waals surface area contributed by atoms with Crippen molar-refractivity contribution >= 4 is 80.2 Å². The van der Waals surface area contributed by atoms with Crippen molar-refractivity contribution in [2.45, 2.75) is 108 Å². The van der Waals surface area contributed by atoms with Crippen molar-refractivity contribution in [3.8, 4) is 0 Å². The first kappa shape index (κ1) is 31.7. The molecule has 12 heteroatoms. The molecule has 0 unspecified atom stereocenters. The van der Waals surface area contributed by atoms with Crippen molar-refractivity contribution in [2.75, 3.05) is 13.1 Å². The third-order valence-corrected chi connectivity index (χ3v) is 15.7. The third-order valence-electron chi connectivity index (χ3n) is 12.7. The molecule has 6 saturated carbocycles. The number of carbonyl (C=O) groups is 4. The Labute approximate surface area is 290 Å². The minimum atomic E-state index is -0.285. The smallest absolute Gasteiger partial charge is 0.267 e. The number of hydrogen-bond acceptors (Lipinski definition) is 8. The highest BCUT2D eigenvalue weighted by Gasteiger charge is 2.53. The van der Waals surface area contributed by atoms with Gasteiger partial charge in [0.1, 0.15) is 8.64 Å². The summed E-state index contributed by atoms with van der Waals surface area (Å²) < 4.78 is 0.820. The number of thiocarbonyl (C=S) groups is 2. The lowest BCUT2D eigenvalue weighted by molar-refractivity contribution is -0.125. The predicted molar refractivity (Wildman–Crippen MR) is 187 cm³/mol. The minimum absolute atomic E-state index is 0.0130. The van der Waals surface area contributed by atoms with Gasteiger partial charge in [0.05, 0.1) is 9.81 Å². The van der Waals surface area contributed by atoms with E-state index in [2.05, 4.69) is 10.6 Å². The van der Waals surface area contributed by atoms with E-state index in [9.17, 15) is 19.2 Å². The van der Waals surface area contributed by atoms with E-state index in [1.165, 1.54) is 54.7 Å². The summed E-state index contributed by atoms with van der Waals surface area (Å²) in [4.78, 5) is 56.4. The van der Waals surface area contributed by atoms with E-state index in [-0.39, 0.29) is 29.2 Å². The molecule has 9 atom stereocenters. The molecule has 2 heterocycles. The molecule has 8 nitrogen and oxygen atoms in total. The summed E-state index contributed by atoms with van der Waals surface area (Å²) in [7, 11) is 0. The van der Waals surface area contributed by atoms with Crippen LogP contribution in [0.5, 0.6) is 0 Å². The number of carbonyl (C=O) groups excluding carboxylic acids is 4. The molecule has 46 heavy (non-hydrogen) atoms. The summed E-state index contributed by atoms with van der Waals surface area (Å²) in [5.74, 6) is 4.95. The molecule has 6 bridgehead atoms. The minimum Gasteiger partial charge on any atom is -0.353 e. The second-order valence-electron chi connectivity index (χ2n) is 15.7. The fourth-order valence-corrected chi connectivity index (χ4v) is 13.9.